The molecule has 0 radical (unpaired) electrons. The third-order valence-corrected chi connectivity index (χ3v) is 4.33. The Morgan fingerprint density at radius 3 is 2.64 bits per heavy atom. The number of nitrogens with two attached hydrogens (primary N) is 1. The molecule has 1 aromatic heterocycles. The van der Waals surface area contributed by atoms with E-state index in [9.17, 15) is 4.79 Å². The number of likely N-dealkylation sites (tertiary alicyclic amines) is 1. The highest BCUT2D eigenvalue weighted by atomic mass is 16.2. The summed E-state index contributed by atoms with van der Waals surface area (Å²) in [6, 6.07) is 11.9. The van der Waals surface area contributed by atoms with E-state index in [4.69, 9.17) is 5.73 Å². The predicted molar refractivity (Wildman–Crippen MR) is 87.5 cm³/mol. The van der Waals surface area contributed by atoms with Crippen molar-refractivity contribution in [3.8, 4) is 11.3 Å². The molecule has 1 amide bonds. The first-order valence-electron chi connectivity index (χ1n) is 7.72. The fourth-order valence-electron chi connectivity index (χ4n) is 2.94. The maximum Gasteiger partial charge on any atom is 0.254 e. The normalized spacial score (nSPS) is 15.8. The number of hydrogen-bond donors (Lipinski definition) is 1. The summed E-state index contributed by atoms with van der Waals surface area (Å²) in [6.45, 7) is 3.48. The van der Waals surface area contributed by atoms with Crippen LogP contribution in [0.15, 0.2) is 42.6 Å². The van der Waals surface area contributed by atoms with Gasteiger partial charge in [-0.3, -0.25) is 9.78 Å². The van der Waals surface area contributed by atoms with Crippen LogP contribution in [0.4, 0.5) is 0 Å². The van der Waals surface area contributed by atoms with Gasteiger partial charge in [-0.25, -0.2) is 0 Å². The molecule has 0 spiro atoms. The Morgan fingerprint density at radius 1 is 1.18 bits per heavy atom. The van der Waals surface area contributed by atoms with Crippen molar-refractivity contribution in [1.82, 2.24) is 9.88 Å². The quantitative estimate of drug-likeness (QED) is 0.926. The monoisotopic (exact) mass is 295 g/mol. The molecule has 3 rings (SSSR count). The summed E-state index contributed by atoms with van der Waals surface area (Å²) >= 11 is 0. The Labute approximate surface area is 131 Å². The standard InChI is InChI=1S/C18H21N3O/c1-13-15(17-7-2-3-10-20-17)5-4-6-16(13)18(22)21-11-8-14(19)9-12-21/h2-7,10,14H,8-9,11-12,19H2,1H3. The van der Waals surface area contributed by atoms with Gasteiger partial charge in [0.1, 0.15) is 0 Å². The average molecular weight is 295 g/mol. The van der Waals surface area contributed by atoms with E-state index in [2.05, 4.69) is 4.98 Å². The van der Waals surface area contributed by atoms with Crippen LogP contribution in [-0.2, 0) is 0 Å². The van der Waals surface area contributed by atoms with Crippen LogP contribution in [0, 0.1) is 6.92 Å². The van der Waals surface area contributed by atoms with Gasteiger partial charge in [0.25, 0.3) is 5.91 Å². The van der Waals surface area contributed by atoms with Gasteiger partial charge in [0, 0.05) is 36.5 Å². The van der Waals surface area contributed by atoms with Crippen molar-refractivity contribution >= 4 is 5.91 Å². The minimum atomic E-state index is 0.0992. The summed E-state index contributed by atoms with van der Waals surface area (Å²) < 4.78 is 0. The zero-order chi connectivity index (χ0) is 15.5. The van der Waals surface area contributed by atoms with Gasteiger partial charge in [-0.05, 0) is 43.5 Å². The molecule has 0 unspecified atom stereocenters. The molecular weight excluding hydrogens is 274 g/mol. The highest BCUT2D eigenvalue weighted by Crippen LogP contribution is 2.25. The lowest BCUT2D eigenvalue weighted by atomic mass is 9.97. The van der Waals surface area contributed by atoms with E-state index in [-0.39, 0.29) is 11.9 Å². The number of carbonyl (C=O) groups excluding carboxylic acids is 1. The molecule has 2 heterocycles. The summed E-state index contributed by atoms with van der Waals surface area (Å²) in [5.74, 6) is 0.0992. The maximum atomic E-state index is 12.8. The van der Waals surface area contributed by atoms with Gasteiger partial charge in [0.05, 0.1) is 5.69 Å². The van der Waals surface area contributed by atoms with Crippen molar-refractivity contribution in [3.63, 3.8) is 0 Å². The molecule has 4 nitrogen and oxygen atoms in total. The van der Waals surface area contributed by atoms with Crippen LogP contribution in [0.3, 0.4) is 0 Å². The Morgan fingerprint density at radius 2 is 1.95 bits per heavy atom. The Bertz CT molecular complexity index is 661. The molecule has 0 atom stereocenters. The van der Waals surface area contributed by atoms with E-state index in [1.807, 2.05) is 48.2 Å². The molecule has 22 heavy (non-hydrogen) atoms. The lowest BCUT2D eigenvalue weighted by Gasteiger charge is -2.30. The van der Waals surface area contributed by atoms with Crippen molar-refractivity contribution in [2.45, 2.75) is 25.8 Å². The van der Waals surface area contributed by atoms with E-state index in [1.165, 1.54) is 0 Å². The van der Waals surface area contributed by atoms with Crippen LogP contribution in [0.5, 0.6) is 0 Å². The van der Waals surface area contributed by atoms with E-state index in [0.29, 0.717) is 0 Å². The van der Waals surface area contributed by atoms with Gasteiger partial charge in [-0.2, -0.15) is 0 Å². The smallest absolute Gasteiger partial charge is 0.254 e. The first-order chi connectivity index (χ1) is 10.7. The van der Waals surface area contributed by atoms with Gasteiger partial charge in [-0.1, -0.05) is 18.2 Å². The number of carbonyl (C=O) groups is 1. The highest BCUT2D eigenvalue weighted by Gasteiger charge is 2.23. The summed E-state index contributed by atoms with van der Waals surface area (Å²) in [7, 11) is 0. The van der Waals surface area contributed by atoms with Crippen LogP contribution >= 0.6 is 0 Å². The second-order valence-corrected chi connectivity index (χ2v) is 5.82. The van der Waals surface area contributed by atoms with E-state index >= 15 is 0 Å². The van der Waals surface area contributed by atoms with Crippen molar-refractivity contribution in [2.75, 3.05) is 13.1 Å². The molecule has 0 aliphatic carbocycles. The van der Waals surface area contributed by atoms with Gasteiger partial charge in [0.15, 0.2) is 0 Å². The average Bonchev–Trinajstić information content (AvgIpc) is 2.56. The first-order valence-corrected chi connectivity index (χ1v) is 7.72. The van der Waals surface area contributed by atoms with Crippen molar-refractivity contribution in [3.05, 3.63) is 53.7 Å². The summed E-state index contributed by atoms with van der Waals surface area (Å²) in [5, 5.41) is 0. The molecule has 1 fully saturated rings. The number of benzene rings is 1. The molecule has 114 valence electrons. The van der Waals surface area contributed by atoms with E-state index in [0.717, 1.165) is 48.3 Å². The second kappa shape index (κ2) is 6.28. The Balaban J connectivity index is 1.90. The maximum absolute atomic E-state index is 12.8. The molecule has 1 saturated heterocycles. The molecule has 0 bridgehead atoms. The van der Waals surface area contributed by atoms with Crippen LogP contribution in [0.1, 0.15) is 28.8 Å². The van der Waals surface area contributed by atoms with Crippen LogP contribution < -0.4 is 5.73 Å². The minimum Gasteiger partial charge on any atom is -0.339 e. The number of pyridine rings is 1. The largest absolute Gasteiger partial charge is 0.339 e. The lowest BCUT2D eigenvalue weighted by Crippen LogP contribution is -2.43. The molecule has 1 aromatic carbocycles. The molecule has 4 heteroatoms. The van der Waals surface area contributed by atoms with Crippen LogP contribution in [-0.4, -0.2) is 34.9 Å². The molecule has 1 aliphatic rings. The number of hydrogen-bond acceptors (Lipinski definition) is 3. The van der Waals surface area contributed by atoms with Crippen molar-refractivity contribution < 1.29 is 4.79 Å². The van der Waals surface area contributed by atoms with Crippen LogP contribution in [0.25, 0.3) is 11.3 Å². The van der Waals surface area contributed by atoms with Gasteiger partial charge < -0.3 is 10.6 Å². The summed E-state index contributed by atoms with van der Waals surface area (Å²) in [5.41, 5.74) is 9.58. The number of aromatic nitrogens is 1. The van der Waals surface area contributed by atoms with Crippen molar-refractivity contribution in [2.24, 2.45) is 5.73 Å². The first kappa shape index (κ1) is 14.7. The summed E-state index contributed by atoms with van der Waals surface area (Å²) in [6.07, 6.45) is 3.53. The molecular formula is C18H21N3O. The fourth-order valence-corrected chi connectivity index (χ4v) is 2.94. The number of piperidine rings is 1. The number of rotatable bonds is 2. The third-order valence-electron chi connectivity index (χ3n) is 4.33. The Kier molecular flexibility index (Phi) is 4.20. The summed E-state index contributed by atoms with van der Waals surface area (Å²) in [4.78, 5) is 19.1. The number of amides is 1. The SMILES string of the molecule is Cc1c(C(=O)N2CCC(N)CC2)cccc1-c1ccccn1. The molecule has 1 aliphatic heterocycles. The van der Waals surface area contributed by atoms with Crippen molar-refractivity contribution in [1.29, 1.82) is 0 Å². The fraction of sp³-hybridized carbons (Fsp3) is 0.333. The van der Waals surface area contributed by atoms with E-state index < -0.39 is 0 Å². The van der Waals surface area contributed by atoms with Gasteiger partial charge >= 0.3 is 0 Å². The topological polar surface area (TPSA) is 59.2 Å². The second-order valence-electron chi connectivity index (χ2n) is 5.82. The molecule has 2 N–H and O–H groups in total. The van der Waals surface area contributed by atoms with E-state index in [1.54, 1.807) is 6.20 Å². The molecule has 2 aromatic rings. The predicted octanol–water partition coefficient (Wildman–Crippen LogP) is 2.62. The van der Waals surface area contributed by atoms with Gasteiger partial charge in [-0.15, -0.1) is 0 Å². The molecule has 0 saturated carbocycles. The van der Waals surface area contributed by atoms with Gasteiger partial charge in [0.2, 0.25) is 0 Å². The third kappa shape index (κ3) is 2.88. The zero-order valence-electron chi connectivity index (χ0n) is 12.8. The zero-order valence-corrected chi connectivity index (χ0v) is 12.8. The Hall–Kier alpha value is -2.20. The minimum absolute atomic E-state index is 0.0992. The highest BCUT2D eigenvalue weighted by molar-refractivity contribution is 5.97. The number of nitrogens with zero attached hydrogens (tertiary/aromatic N) is 2. The lowest BCUT2D eigenvalue weighted by molar-refractivity contribution is 0.0714. The van der Waals surface area contributed by atoms with Crippen LogP contribution in [0.2, 0.25) is 0 Å².